The standard InChI is InChI=1S/C21H23ClN4O3/c1-5-9-26-13(2)10-16(14(26)3)11-17(12-23)21(28)29-15(4)20(27)25-18-7-6-8-24-19(18)22/h6-8,10-11,15H,5,9H2,1-4H3,(H,25,27)/b17-11+/t15-/m1/s1. The number of carbonyl (C=O) groups is 2. The van der Waals surface area contributed by atoms with Gasteiger partial charge in [0.25, 0.3) is 5.91 Å². The summed E-state index contributed by atoms with van der Waals surface area (Å²) >= 11 is 5.91. The quantitative estimate of drug-likeness (QED) is 0.319. The molecule has 0 aliphatic carbocycles. The highest BCUT2D eigenvalue weighted by molar-refractivity contribution is 6.32. The Morgan fingerprint density at radius 3 is 2.79 bits per heavy atom. The van der Waals surface area contributed by atoms with E-state index in [9.17, 15) is 14.9 Å². The molecule has 0 fully saturated rings. The average molecular weight is 415 g/mol. The summed E-state index contributed by atoms with van der Waals surface area (Å²) in [6.45, 7) is 8.26. The number of anilines is 1. The Bertz CT molecular complexity index is 988. The Hall–Kier alpha value is -3.11. The summed E-state index contributed by atoms with van der Waals surface area (Å²) in [5.74, 6) is -1.45. The number of hydrogen-bond donors (Lipinski definition) is 1. The number of nitriles is 1. The van der Waals surface area contributed by atoms with Crippen LogP contribution < -0.4 is 5.32 Å². The van der Waals surface area contributed by atoms with Crippen molar-refractivity contribution in [2.24, 2.45) is 0 Å². The molecular weight excluding hydrogens is 392 g/mol. The van der Waals surface area contributed by atoms with Gasteiger partial charge >= 0.3 is 5.97 Å². The highest BCUT2D eigenvalue weighted by atomic mass is 35.5. The number of pyridine rings is 1. The zero-order valence-corrected chi connectivity index (χ0v) is 17.6. The van der Waals surface area contributed by atoms with E-state index in [-0.39, 0.29) is 10.7 Å². The molecule has 0 aliphatic rings. The highest BCUT2D eigenvalue weighted by Crippen LogP contribution is 2.20. The maximum Gasteiger partial charge on any atom is 0.349 e. The molecule has 29 heavy (non-hydrogen) atoms. The van der Waals surface area contributed by atoms with Crippen LogP contribution in [0.2, 0.25) is 5.15 Å². The second-order valence-corrected chi connectivity index (χ2v) is 6.88. The summed E-state index contributed by atoms with van der Waals surface area (Å²) in [7, 11) is 0. The third-order valence-electron chi connectivity index (χ3n) is 4.37. The number of carbonyl (C=O) groups excluding carboxylic acids is 2. The molecule has 8 heteroatoms. The lowest BCUT2D eigenvalue weighted by Crippen LogP contribution is -2.30. The Morgan fingerprint density at radius 2 is 2.17 bits per heavy atom. The molecule has 2 aromatic heterocycles. The summed E-state index contributed by atoms with van der Waals surface area (Å²) in [5.41, 5.74) is 2.90. The predicted octanol–water partition coefficient (Wildman–Crippen LogP) is 4.04. The van der Waals surface area contributed by atoms with Crippen molar-refractivity contribution in [3.05, 3.63) is 52.1 Å². The van der Waals surface area contributed by atoms with E-state index < -0.39 is 18.0 Å². The second-order valence-electron chi connectivity index (χ2n) is 6.53. The van der Waals surface area contributed by atoms with E-state index in [1.54, 1.807) is 12.1 Å². The van der Waals surface area contributed by atoms with Crippen molar-refractivity contribution in [2.45, 2.75) is 46.8 Å². The van der Waals surface area contributed by atoms with Gasteiger partial charge in [-0.15, -0.1) is 0 Å². The normalized spacial score (nSPS) is 12.2. The van der Waals surface area contributed by atoms with Crippen LogP contribution in [-0.4, -0.2) is 27.5 Å². The van der Waals surface area contributed by atoms with Crippen molar-refractivity contribution in [2.75, 3.05) is 5.32 Å². The van der Waals surface area contributed by atoms with Crippen LogP contribution in [-0.2, 0) is 20.9 Å². The molecule has 0 spiro atoms. The van der Waals surface area contributed by atoms with Crippen molar-refractivity contribution >= 4 is 35.2 Å². The summed E-state index contributed by atoms with van der Waals surface area (Å²) in [4.78, 5) is 28.5. The highest BCUT2D eigenvalue weighted by Gasteiger charge is 2.22. The van der Waals surface area contributed by atoms with Gasteiger partial charge in [0.05, 0.1) is 5.69 Å². The Kier molecular flexibility index (Phi) is 7.57. The molecule has 0 bridgehead atoms. The van der Waals surface area contributed by atoms with Gasteiger partial charge in [-0.1, -0.05) is 18.5 Å². The first kappa shape index (κ1) is 22.2. The summed E-state index contributed by atoms with van der Waals surface area (Å²) < 4.78 is 7.29. The molecule has 0 aliphatic heterocycles. The first-order valence-electron chi connectivity index (χ1n) is 9.19. The largest absolute Gasteiger partial charge is 0.448 e. The Morgan fingerprint density at radius 1 is 1.45 bits per heavy atom. The Balaban J connectivity index is 2.12. The van der Waals surface area contributed by atoms with Crippen molar-refractivity contribution in [1.29, 1.82) is 5.26 Å². The van der Waals surface area contributed by atoms with Crippen LogP contribution in [0.4, 0.5) is 5.69 Å². The van der Waals surface area contributed by atoms with Crippen LogP contribution in [0.25, 0.3) is 6.08 Å². The number of aryl methyl sites for hydroxylation is 1. The van der Waals surface area contributed by atoms with Crippen LogP contribution in [0.1, 0.15) is 37.2 Å². The summed E-state index contributed by atoms with van der Waals surface area (Å²) in [6.07, 6.45) is 2.82. The molecule has 0 saturated heterocycles. The van der Waals surface area contributed by atoms with E-state index in [0.717, 1.165) is 29.9 Å². The zero-order valence-electron chi connectivity index (χ0n) is 16.8. The minimum absolute atomic E-state index is 0.124. The van der Waals surface area contributed by atoms with Gasteiger partial charge in [-0.05, 0) is 57.0 Å². The van der Waals surface area contributed by atoms with Crippen LogP contribution in [0.15, 0.2) is 30.0 Å². The lowest BCUT2D eigenvalue weighted by Gasteiger charge is -2.13. The van der Waals surface area contributed by atoms with E-state index in [0.29, 0.717) is 5.69 Å². The van der Waals surface area contributed by atoms with Crippen molar-refractivity contribution in [1.82, 2.24) is 9.55 Å². The smallest absolute Gasteiger partial charge is 0.349 e. The fourth-order valence-electron chi connectivity index (χ4n) is 2.83. The van der Waals surface area contributed by atoms with Gasteiger partial charge in [-0.3, -0.25) is 4.79 Å². The molecular formula is C21H23ClN4O3. The Labute approximate surface area is 174 Å². The minimum atomic E-state index is -1.12. The molecule has 1 atom stereocenters. The number of rotatable bonds is 7. The SMILES string of the molecule is CCCn1c(C)cc(/C=C(\C#N)C(=O)O[C@H](C)C(=O)Nc2cccnc2Cl)c1C. The molecule has 152 valence electrons. The van der Waals surface area contributed by atoms with E-state index >= 15 is 0 Å². The lowest BCUT2D eigenvalue weighted by atomic mass is 10.1. The molecule has 0 unspecified atom stereocenters. The topological polar surface area (TPSA) is 97.0 Å². The summed E-state index contributed by atoms with van der Waals surface area (Å²) in [5, 5.41) is 12.1. The van der Waals surface area contributed by atoms with Crippen LogP contribution >= 0.6 is 11.6 Å². The predicted molar refractivity (Wildman–Crippen MR) is 111 cm³/mol. The number of amides is 1. The monoisotopic (exact) mass is 414 g/mol. The molecule has 7 nitrogen and oxygen atoms in total. The second kappa shape index (κ2) is 9.89. The molecule has 0 radical (unpaired) electrons. The van der Waals surface area contributed by atoms with Crippen molar-refractivity contribution in [3.8, 4) is 6.07 Å². The average Bonchev–Trinajstić information content (AvgIpc) is 2.95. The zero-order chi connectivity index (χ0) is 21.6. The van der Waals surface area contributed by atoms with E-state index in [1.165, 1.54) is 19.2 Å². The molecule has 0 aromatic carbocycles. The third kappa shape index (κ3) is 5.46. The number of nitrogens with zero attached hydrogens (tertiary/aromatic N) is 3. The number of esters is 1. The van der Waals surface area contributed by atoms with Gasteiger partial charge in [0.2, 0.25) is 0 Å². The fraction of sp³-hybridized carbons (Fsp3) is 0.333. The molecule has 1 N–H and O–H groups in total. The first-order chi connectivity index (χ1) is 13.8. The van der Waals surface area contributed by atoms with Crippen LogP contribution in [0.3, 0.4) is 0 Å². The molecule has 2 heterocycles. The number of nitrogens with one attached hydrogen (secondary N) is 1. The fourth-order valence-corrected chi connectivity index (χ4v) is 2.99. The van der Waals surface area contributed by atoms with E-state index in [4.69, 9.17) is 16.3 Å². The van der Waals surface area contributed by atoms with Crippen LogP contribution in [0.5, 0.6) is 0 Å². The van der Waals surface area contributed by atoms with Crippen LogP contribution in [0, 0.1) is 25.2 Å². The molecule has 2 rings (SSSR count). The number of aromatic nitrogens is 2. The van der Waals surface area contributed by atoms with Crippen molar-refractivity contribution < 1.29 is 14.3 Å². The number of halogens is 1. The van der Waals surface area contributed by atoms with Gasteiger partial charge in [-0.2, -0.15) is 5.26 Å². The number of hydrogen-bond acceptors (Lipinski definition) is 5. The van der Waals surface area contributed by atoms with E-state index in [2.05, 4.69) is 21.8 Å². The third-order valence-corrected chi connectivity index (χ3v) is 4.67. The van der Waals surface area contributed by atoms with Gasteiger partial charge in [0, 0.05) is 24.1 Å². The molecule has 2 aromatic rings. The van der Waals surface area contributed by atoms with Gasteiger partial charge < -0.3 is 14.6 Å². The maximum atomic E-state index is 12.4. The lowest BCUT2D eigenvalue weighted by molar-refractivity contribution is -0.148. The summed E-state index contributed by atoms with van der Waals surface area (Å²) in [6, 6.07) is 6.96. The molecule has 1 amide bonds. The minimum Gasteiger partial charge on any atom is -0.448 e. The van der Waals surface area contributed by atoms with Gasteiger partial charge in [-0.25, -0.2) is 9.78 Å². The van der Waals surface area contributed by atoms with Gasteiger partial charge in [0.1, 0.15) is 11.6 Å². The number of ether oxygens (including phenoxy) is 1. The maximum absolute atomic E-state index is 12.4. The van der Waals surface area contributed by atoms with Crippen molar-refractivity contribution in [3.63, 3.8) is 0 Å². The first-order valence-corrected chi connectivity index (χ1v) is 9.57. The molecule has 0 saturated carbocycles. The van der Waals surface area contributed by atoms with E-state index in [1.807, 2.05) is 26.0 Å². The van der Waals surface area contributed by atoms with Gasteiger partial charge in [0.15, 0.2) is 11.3 Å².